The molecule has 0 spiro atoms. The summed E-state index contributed by atoms with van der Waals surface area (Å²) in [7, 11) is 0. The first-order valence-corrected chi connectivity index (χ1v) is 2.09. The van der Waals surface area contributed by atoms with Crippen LogP contribution in [-0.4, -0.2) is 4.88 Å². The standard InChI is InChI=1S/C3H6.Cr/c1-3-2;/h1H,3H2,2H3;. The molecule has 0 radical (unpaired) electrons. The molecule has 0 atom stereocenters. The van der Waals surface area contributed by atoms with E-state index in [4.69, 9.17) is 0 Å². The zero-order valence-electron chi connectivity index (χ0n) is 2.69. The van der Waals surface area contributed by atoms with Crippen LogP contribution in [0.25, 0.3) is 0 Å². The number of hydrogen-bond donors (Lipinski definition) is 0. The molecule has 0 saturated heterocycles. The summed E-state index contributed by atoms with van der Waals surface area (Å²) in [4.78, 5) is 2.00. The minimum absolute atomic E-state index is 1.14. The van der Waals surface area contributed by atoms with Crippen LogP contribution in [0, 0.1) is 0 Å². The van der Waals surface area contributed by atoms with Crippen LogP contribution in [0.3, 0.4) is 0 Å². The topological polar surface area (TPSA) is 0 Å². The van der Waals surface area contributed by atoms with Gasteiger partial charge in [0.15, 0.2) is 0 Å². The van der Waals surface area contributed by atoms with E-state index in [1.807, 2.05) is 4.88 Å². The maximum absolute atomic E-state index is 2.77. The third-order valence-corrected chi connectivity index (χ3v) is 0.687. The predicted molar refractivity (Wildman–Crippen MR) is 16.4 cm³/mol. The van der Waals surface area contributed by atoms with Gasteiger partial charge in [-0.15, -0.1) is 0 Å². The van der Waals surface area contributed by atoms with Crippen LogP contribution in [0.5, 0.6) is 0 Å². The predicted octanol–water partition coefficient (Wildman–Crippen LogP) is 0.745. The SMILES string of the molecule is CC[CH]=[Cr]. The molecule has 0 aliphatic heterocycles. The van der Waals surface area contributed by atoms with Gasteiger partial charge in [0.25, 0.3) is 0 Å². The molecule has 0 nitrogen and oxygen atoms in total. The molecular weight excluding hydrogens is 88.0 g/mol. The number of rotatable bonds is 1. The summed E-state index contributed by atoms with van der Waals surface area (Å²) in [5, 5.41) is 0. The first-order valence-electron chi connectivity index (χ1n) is 1.35. The summed E-state index contributed by atoms with van der Waals surface area (Å²) >= 11 is 2.77. The van der Waals surface area contributed by atoms with E-state index >= 15 is 0 Å². The van der Waals surface area contributed by atoms with Crippen molar-refractivity contribution in [3.05, 3.63) is 0 Å². The van der Waals surface area contributed by atoms with Crippen molar-refractivity contribution in [1.82, 2.24) is 0 Å². The average molecular weight is 94.1 g/mol. The van der Waals surface area contributed by atoms with Gasteiger partial charge in [0.05, 0.1) is 0 Å². The first-order chi connectivity index (χ1) is 1.91. The molecule has 0 fully saturated rings. The van der Waals surface area contributed by atoms with Gasteiger partial charge in [-0.25, -0.2) is 0 Å². The molecule has 0 heterocycles. The Bertz CT molecular complexity index is 17.2. The van der Waals surface area contributed by atoms with Crippen LogP contribution in [-0.2, 0) is 15.9 Å². The quantitative estimate of drug-likeness (QED) is 0.449. The molecule has 0 saturated carbocycles. The van der Waals surface area contributed by atoms with Crippen LogP contribution in [0.4, 0.5) is 0 Å². The van der Waals surface area contributed by atoms with Crippen molar-refractivity contribution in [3.63, 3.8) is 0 Å². The fourth-order valence-corrected chi connectivity index (χ4v) is 0. The molecule has 0 bridgehead atoms. The molecule has 0 amide bonds. The molecule has 0 aliphatic carbocycles. The number of hydrogen-bond acceptors (Lipinski definition) is 0. The molecule has 0 rings (SSSR count). The summed E-state index contributed by atoms with van der Waals surface area (Å²) in [6, 6.07) is 0. The fourth-order valence-electron chi connectivity index (χ4n) is 0. The van der Waals surface area contributed by atoms with Crippen molar-refractivity contribution in [2.75, 3.05) is 0 Å². The van der Waals surface area contributed by atoms with Gasteiger partial charge >= 0.3 is 34.1 Å². The molecule has 0 aliphatic rings. The van der Waals surface area contributed by atoms with E-state index < -0.39 is 0 Å². The second-order valence-corrected chi connectivity index (χ2v) is 1.10. The van der Waals surface area contributed by atoms with Gasteiger partial charge in [-0.05, 0) is 0 Å². The van der Waals surface area contributed by atoms with Crippen LogP contribution in [0.2, 0.25) is 0 Å². The van der Waals surface area contributed by atoms with Crippen LogP contribution < -0.4 is 0 Å². The Morgan fingerprint density at radius 1 is 2.00 bits per heavy atom. The Morgan fingerprint density at radius 3 is 2.25 bits per heavy atom. The Kier molecular flexibility index (Phi) is 3.74. The first kappa shape index (κ1) is 4.40. The molecule has 24 valence electrons. The molecule has 0 N–H and O–H groups in total. The third-order valence-electron chi connectivity index (χ3n) is 0.167. The monoisotopic (exact) mass is 94.0 g/mol. The molecule has 0 aromatic rings. The maximum atomic E-state index is 2.77. The summed E-state index contributed by atoms with van der Waals surface area (Å²) < 4.78 is 0. The van der Waals surface area contributed by atoms with Crippen molar-refractivity contribution in [2.24, 2.45) is 0 Å². The van der Waals surface area contributed by atoms with Crippen molar-refractivity contribution < 1.29 is 15.9 Å². The van der Waals surface area contributed by atoms with E-state index in [0.717, 1.165) is 6.42 Å². The van der Waals surface area contributed by atoms with Crippen molar-refractivity contribution in [3.8, 4) is 0 Å². The summed E-state index contributed by atoms with van der Waals surface area (Å²) in [5.41, 5.74) is 0. The summed E-state index contributed by atoms with van der Waals surface area (Å²) in [5.74, 6) is 0. The zero-order valence-corrected chi connectivity index (χ0v) is 3.97. The Balaban J connectivity index is 2.30. The van der Waals surface area contributed by atoms with Gasteiger partial charge in [0, 0.05) is 0 Å². The van der Waals surface area contributed by atoms with E-state index in [1.165, 1.54) is 0 Å². The Labute approximate surface area is 34.8 Å². The van der Waals surface area contributed by atoms with Gasteiger partial charge in [-0.3, -0.25) is 0 Å². The van der Waals surface area contributed by atoms with Crippen LogP contribution >= 0.6 is 0 Å². The van der Waals surface area contributed by atoms with E-state index in [-0.39, 0.29) is 0 Å². The Morgan fingerprint density at radius 2 is 2.25 bits per heavy atom. The van der Waals surface area contributed by atoms with Gasteiger partial charge in [0.1, 0.15) is 0 Å². The fraction of sp³-hybridized carbons (Fsp3) is 0.667. The third kappa shape index (κ3) is 2.40. The zero-order chi connectivity index (χ0) is 3.41. The van der Waals surface area contributed by atoms with E-state index in [9.17, 15) is 0 Å². The molecular formula is C3H6Cr. The van der Waals surface area contributed by atoms with Crippen LogP contribution in [0.1, 0.15) is 13.3 Å². The molecule has 0 aromatic carbocycles. The van der Waals surface area contributed by atoms with Gasteiger partial charge in [-0.1, -0.05) is 0 Å². The molecule has 1 heteroatoms. The summed E-state index contributed by atoms with van der Waals surface area (Å²) in [6.45, 7) is 2.09. The van der Waals surface area contributed by atoms with Crippen molar-refractivity contribution in [2.45, 2.75) is 13.3 Å². The second-order valence-electron chi connectivity index (χ2n) is 0.575. The molecule has 0 aromatic heterocycles. The second kappa shape index (κ2) is 3.40. The van der Waals surface area contributed by atoms with Gasteiger partial charge in [-0.2, -0.15) is 0 Å². The minimum atomic E-state index is 1.14. The van der Waals surface area contributed by atoms with Crippen LogP contribution in [0.15, 0.2) is 0 Å². The normalized spacial score (nSPS) is 6.25. The molecule has 0 unspecified atom stereocenters. The summed E-state index contributed by atoms with van der Waals surface area (Å²) in [6.07, 6.45) is 1.14. The van der Waals surface area contributed by atoms with Gasteiger partial charge < -0.3 is 0 Å². The van der Waals surface area contributed by atoms with E-state index in [2.05, 4.69) is 22.8 Å². The van der Waals surface area contributed by atoms with E-state index in [1.54, 1.807) is 0 Å². The van der Waals surface area contributed by atoms with Crippen molar-refractivity contribution >= 4 is 4.88 Å². The van der Waals surface area contributed by atoms with Crippen molar-refractivity contribution in [1.29, 1.82) is 0 Å². The Hall–Kier alpha value is 0.402. The average Bonchev–Trinajstić information content (AvgIpc) is 1.37. The molecule has 4 heavy (non-hydrogen) atoms. The van der Waals surface area contributed by atoms with E-state index in [0.29, 0.717) is 0 Å². The van der Waals surface area contributed by atoms with Gasteiger partial charge in [0.2, 0.25) is 0 Å².